The molecule has 1 atom stereocenters. The molecular weight excluding hydrogens is 424 g/mol. The van der Waals surface area contributed by atoms with Crippen LogP contribution in [-0.2, 0) is 19.4 Å². The summed E-state index contributed by atoms with van der Waals surface area (Å²) in [7, 11) is 1.16. The van der Waals surface area contributed by atoms with Crippen molar-refractivity contribution in [2.24, 2.45) is 7.05 Å². The van der Waals surface area contributed by atoms with Crippen molar-refractivity contribution in [3.63, 3.8) is 0 Å². The van der Waals surface area contributed by atoms with Gasteiger partial charge in [0, 0.05) is 19.3 Å². The zero-order valence-corrected chi connectivity index (χ0v) is 15.1. The lowest BCUT2D eigenvalue weighted by atomic mass is 10.3. The molecule has 3 aromatic heterocycles. The number of rotatable bonds is 4. The van der Waals surface area contributed by atoms with Crippen molar-refractivity contribution in [3.05, 3.63) is 41.4 Å². The molecule has 0 bridgehead atoms. The van der Waals surface area contributed by atoms with Gasteiger partial charge in [0.15, 0.2) is 5.69 Å². The van der Waals surface area contributed by atoms with E-state index in [0.29, 0.717) is 6.07 Å². The number of amides is 1. The van der Waals surface area contributed by atoms with Crippen LogP contribution in [0, 0.1) is 0 Å². The summed E-state index contributed by atoms with van der Waals surface area (Å²) in [6.07, 6.45) is -8.63. The molecule has 1 amide bonds. The molecule has 0 aliphatic heterocycles. The molecule has 9 nitrogen and oxygen atoms in total. The molecule has 30 heavy (non-hydrogen) atoms. The third kappa shape index (κ3) is 4.38. The molecule has 0 spiro atoms. The van der Waals surface area contributed by atoms with Crippen LogP contribution in [0.25, 0.3) is 11.5 Å². The highest BCUT2D eigenvalue weighted by Gasteiger charge is 2.36. The van der Waals surface area contributed by atoms with Gasteiger partial charge in [0.25, 0.3) is 5.91 Å². The first-order valence-electron chi connectivity index (χ1n) is 8.02. The molecule has 3 heterocycles. The van der Waals surface area contributed by atoms with Crippen molar-refractivity contribution < 1.29 is 35.7 Å². The van der Waals surface area contributed by atoms with Crippen LogP contribution >= 0.6 is 0 Å². The Balaban J connectivity index is 1.77. The highest BCUT2D eigenvalue weighted by Crippen LogP contribution is 2.29. The Morgan fingerprint density at radius 3 is 2.47 bits per heavy atom. The molecule has 3 rings (SSSR count). The summed E-state index contributed by atoms with van der Waals surface area (Å²) < 4.78 is 82.0. The molecule has 0 aromatic carbocycles. The molecule has 160 valence electrons. The molecule has 0 radical (unpaired) electrons. The summed E-state index contributed by atoms with van der Waals surface area (Å²) in [6, 6.07) is 0.717. The molecule has 0 aliphatic carbocycles. The summed E-state index contributed by atoms with van der Waals surface area (Å²) >= 11 is 0. The number of carbonyl (C=O) groups is 1. The van der Waals surface area contributed by atoms with Gasteiger partial charge in [-0.05, 0) is 13.0 Å². The normalized spacial score (nSPS) is 13.3. The van der Waals surface area contributed by atoms with Crippen LogP contribution in [0.2, 0.25) is 0 Å². The second-order valence-corrected chi connectivity index (χ2v) is 5.95. The lowest BCUT2D eigenvalue weighted by Gasteiger charge is -2.09. The minimum Gasteiger partial charge on any atom is -0.339 e. The number of hydrogen-bond acceptors (Lipinski definition) is 7. The van der Waals surface area contributed by atoms with Gasteiger partial charge in [-0.3, -0.25) is 9.48 Å². The third-order valence-corrected chi connectivity index (χ3v) is 3.70. The summed E-state index contributed by atoms with van der Waals surface area (Å²) in [5, 5.41) is 9.07. The van der Waals surface area contributed by atoms with E-state index in [4.69, 9.17) is 4.52 Å². The minimum absolute atomic E-state index is 0.205. The topological polar surface area (TPSA) is 112 Å². The Morgan fingerprint density at radius 2 is 1.87 bits per heavy atom. The van der Waals surface area contributed by atoms with Gasteiger partial charge in [-0.1, -0.05) is 5.16 Å². The first kappa shape index (κ1) is 21.2. The number of hydrogen-bond donors (Lipinski definition) is 1. The van der Waals surface area contributed by atoms with Gasteiger partial charge in [-0.15, -0.1) is 0 Å². The van der Waals surface area contributed by atoms with Gasteiger partial charge in [-0.25, -0.2) is 9.97 Å². The van der Waals surface area contributed by atoms with Crippen LogP contribution in [0.3, 0.4) is 0 Å². The van der Waals surface area contributed by atoms with Gasteiger partial charge in [0.1, 0.15) is 17.4 Å². The van der Waals surface area contributed by atoms with E-state index in [9.17, 15) is 31.1 Å². The number of alkyl halides is 6. The predicted molar refractivity (Wildman–Crippen MR) is 84.4 cm³/mol. The highest BCUT2D eigenvalue weighted by molar-refractivity contribution is 5.92. The maximum Gasteiger partial charge on any atom is 0.451 e. The highest BCUT2D eigenvalue weighted by atomic mass is 19.4. The van der Waals surface area contributed by atoms with Crippen LogP contribution in [0.5, 0.6) is 0 Å². The first-order chi connectivity index (χ1) is 13.9. The largest absolute Gasteiger partial charge is 0.451 e. The molecule has 0 aliphatic rings. The maximum absolute atomic E-state index is 12.7. The average Bonchev–Trinajstić information content (AvgIpc) is 3.28. The standard InChI is InChI=1S/C15H11F6N7O2/c1-6(23-11(29)8-5-9(14(16,17)18)26-28(8)2)12-25-10(27-30-12)7-3-4-22-13(24-7)15(19,20)21/h3-6H,1-2H3,(H,23,29). The zero-order valence-electron chi connectivity index (χ0n) is 15.1. The number of nitrogens with zero attached hydrogens (tertiary/aromatic N) is 6. The lowest BCUT2D eigenvalue weighted by Crippen LogP contribution is -2.28. The molecule has 1 N–H and O–H groups in total. The molecule has 0 fully saturated rings. The van der Waals surface area contributed by atoms with E-state index in [2.05, 4.69) is 30.5 Å². The number of halogens is 6. The fraction of sp³-hybridized carbons (Fsp3) is 0.333. The third-order valence-electron chi connectivity index (χ3n) is 3.70. The quantitative estimate of drug-likeness (QED) is 0.628. The summed E-state index contributed by atoms with van der Waals surface area (Å²) in [5.74, 6) is -2.80. The van der Waals surface area contributed by atoms with E-state index >= 15 is 0 Å². The Labute approximate surface area is 163 Å². The molecular formula is C15H11F6N7O2. The van der Waals surface area contributed by atoms with Gasteiger partial charge >= 0.3 is 12.4 Å². The van der Waals surface area contributed by atoms with Crippen LogP contribution in [-0.4, -0.2) is 35.8 Å². The van der Waals surface area contributed by atoms with E-state index in [0.717, 1.165) is 24.0 Å². The summed E-state index contributed by atoms with van der Waals surface area (Å²) in [6.45, 7) is 1.39. The van der Waals surface area contributed by atoms with E-state index < -0.39 is 35.8 Å². The van der Waals surface area contributed by atoms with Gasteiger partial charge in [0.05, 0.1) is 0 Å². The molecule has 1 unspecified atom stereocenters. The molecule has 15 heteroatoms. The number of aryl methyl sites for hydroxylation is 1. The van der Waals surface area contributed by atoms with Gasteiger partial charge in [-0.2, -0.15) is 36.4 Å². The SMILES string of the molecule is CC(NC(=O)c1cc(C(F)(F)F)nn1C)c1nc(-c2ccnc(C(F)(F)F)n2)no1. The van der Waals surface area contributed by atoms with Crippen molar-refractivity contribution in [2.45, 2.75) is 25.3 Å². The van der Waals surface area contributed by atoms with Crippen LogP contribution in [0.1, 0.15) is 40.9 Å². The fourth-order valence-corrected chi connectivity index (χ4v) is 2.29. The van der Waals surface area contributed by atoms with Crippen molar-refractivity contribution in [2.75, 3.05) is 0 Å². The van der Waals surface area contributed by atoms with E-state index in [1.54, 1.807) is 0 Å². The van der Waals surface area contributed by atoms with Crippen LogP contribution in [0.15, 0.2) is 22.9 Å². The monoisotopic (exact) mass is 435 g/mol. The summed E-state index contributed by atoms with van der Waals surface area (Å²) in [4.78, 5) is 22.5. The van der Waals surface area contributed by atoms with Crippen LogP contribution < -0.4 is 5.32 Å². The van der Waals surface area contributed by atoms with Crippen molar-refractivity contribution >= 4 is 5.91 Å². The van der Waals surface area contributed by atoms with E-state index in [-0.39, 0.29) is 23.1 Å². The number of nitrogens with one attached hydrogen (secondary N) is 1. The van der Waals surface area contributed by atoms with Crippen molar-refractivity contribution in [1.29, 1.82) is 0 Å². The van der Waals surface area contributed by atoms with Gasteiger partial charge in [0.2, 0.25) is 17.5 Å². The molecule has 0 saturated carbocycles. The molecule has 3 aromatic rings. The van der Waals surface area contributed by atoms with Crippen molar-refractivity contribution in [1.82, 2.24) is 35.2 Å². The van der Waals surface area contributed by atoms with E-state index in [1.165, 1.54) is 6.92 Å². The minimum atomic E-state index is -4.78. The second kappa shape index (κ2) is 7.38. The fourth-order valence-electron chi connectivity index (χ4n) is 2.29. The van der Waals surface area contributed by atoms with Gasteiger partial charge < -0.3 is 9.84 Å². The van der Waals surface area contributed by atoms with Crippen molar-refractivity contribution in [3.8, 4) is 11.5 Å². The Hall–Kier alpha value is -3.52. The molecule has 0 saturated heterocycles. The van der Waals surface area contributed by atoms with E-state index in [1.807, 2.05) is 0 Å². The Kier molecular flexibility index (Phi) is 5.22. The lowest BCUT2D eigenvalue weighted by molar-refractivity contribution is -0.145. The zero-order chi connectivity index (χ0) is 22.3. The first-order valence-corrected chi connectivity index (χ1v) is 8.02. The predicted octanol–water partition coefficient (Wildman–Crippen LogP) is 2.79. The Morgan fingerprint density at radius 1 is 1.17 bits per heavy atom. The second-order valence-electron chi connectivity index (χ2n) is 5.95. The number of carbonyl (C=O) groups excluding carboxylic acids is 1. The average molecular weight is 435 g/mol. The smallest absolute Gasteiger partial charge is 0.339 e. The maximum atomic E-state index is 12.7. The summed E-state index contributed by atoms with van der Waals surface area (Å²) in [5.41, 5.74) is -1.89. The number of aromatic nitrogens is 6. The van der Waals surface area contributed by atoms with Crippen LogP contribution in [0.4, 0.5) is 26.3 Å². The Bertz CT molecular complexity index is 1070.